The second-order valence-corrected chi connectivity index (χ2v) is 7.97. The number of benzene rings is 2. The van der Waals surface area contributed by atoms with E-state index in [1.165, 1.54) is 30.6 Å². The molecular weight excluding hydrogens is 391 g/mol. The van der Waals surface area contributed by atoms with E-state index in [-0.39, 0.29) is 21.3 Å². The first-order valence-electron chi connectivity index (χ1n) is 7.59. The highest BCUT2D eigenvalue weighted by molar-refractivity contribution is 7.93. The molecule has 0 aliphatic carbocycles. The third kappa shape index (κ3) is 4.39. The number of sulfonamides is 1. The molecule has 0 amide bonds. The molecule has 2 aromatic carbocycles. The molecule has 0 bridgehead atoms. The normalized spacial score (nSPS) is 11.0. The zero-order valence-electron chi connectivity index (χ0n) is 14.0. The second kappa shape index (κ2) is 7.69. The largest absolute Gasteiger partial charge is 0.456 e. The molecule has 3 rings (SSSR count). The number of nitriles is 1. The molecule has 7 nitrogen and oxygen atoms in total. The predicted octanol–water partition coefficient (Wildman–Crippen LogP) is 3.78. The second-order valence-electron chi connectivity index (χ2n) is 5.51. The summed E-state index contributed by atoms with van der Waals surface area (Å²) < 4.78 is 49.4. The van der Waals surface area contributed by atoms with Crippen LogP contribution in [0, 0.1) is 18.3 Å². The lowest BCUT2D eigenvalue weighted by molar-refractivity contribution is 0.466. The SMILES string of the molecule is Cc1cc(CF)cc(Oc2ccc(S(=O)(=O)Nc3ncns3)cc2C#N)c1. The van der Waals surface area contributed by atoms with Crippen LogP contribution in [0.5, 0.6) is 11.5 Å². The molecule has 0 saturated heterocycles. The topological polar surface area (TPSA) is 105 Å². The van der Waals surface area contributed by atoms with Gasteiger partial charge in [-0.15, -0.1) is 0 Å². The lowest BCUT2D eigenvalue weighted by Gasteiger charge is -2.11. The number of halogens is 1. The lowest BCUT2D eigenvalue weighted by atomic mass is 10.1. The highest BCUT2D eigenvalue weighted by atomic mass is 32.2. The molecule has 0 saturated carbocycles. The average molecular weight is 404 g/mol. The van der Waals surface area contributed by atoms with Crippen LogP contribution < -0.4 is 9.46 Å². The van der Waals surface area contributed by atoms with Gasteiger partial charge in [0.15, 0.2) is 0 Å². The van der Waals surface area contributed by atoms with Crippen molar-refractivity contribution in [1.29, 1.82) is 5.26 Å². The molecule has 10 heteroatoms. The number of rotatable bonds is 6. The number of nitrogens with zero attached hydrogens (tertiary/aromatic N) is 3. The zero-order chi connectivity index (χ0) is 19.4. The van der Waals surface area contributed by atoms with E-state index in [0.717, 1.165) is 17.1 Å². The van der Waals surface area contributed by atoms with Crippen LogP contribution in [0.15, 0.2) is 47.6 Å². The van der Waals surface area contributed by atoms with Gasteiger partial charge in [-0.2, -0.15) is 9.64 Å². The molecule has 0 unspecified atom stereocenters. The Hall–Kier alpha value is -3.03. The molecule has 1 heterocycles. The summed E-state index contributed by atoms with van der Waals surface area (Å²) in [5, 5.41) is 9.49. The molecule has 27 heavy (non-hydrogen) atoms. The summed E-state index contributed by atoms with van der Waals surface area (Å²) in [6, 6.07) is 10.7. The van der Waals surface area contributed by atoms with Gasteiger partial charge in [-0.1, -0.05) is 6.07 Å². The number of ether oxygens (including phenoxy) is 1. The molecular formula is C17H13FN4O3S2. The minimum absolute atomic E-state index is 0.0263. The first kappa shape index (κ1) is 18.8. The van der Waals surface area contributed by atoms with Crippen molar-refractivity contribution in [2.24, 2.45) is 0 Å². The summed E-state index contributed by atoms with van der Waals surface area (Å²) in [4.78, 5) is 3.65. The summed E-state index contributed by atoms with van der Waals surface area (Å²) >= 11 is 0.892. The number of hydrogen-bond donors (Lipinski definition) is 1. The molecule has 0 atom stereocenters. The van der Waals surface area contributed by atoms with Crippen LogP contribution in [0.4, 0.5) is 9.52 Å². The summed E-state index contributed by atoms with van der Waals surface area (Å²) in [6.45, 7) is 1.16. The van der Waals surface area contributed by atoms with Gasteiger partial charge in [-0.25, -0.2) is 17.8 Å². The standard InChI is InChI=1S/C17H13FN4O3S2/c1-11-4-12(8-18)6-14(5-11)25-16-3-2-15(7-13(16)9-19)27(23,24)22-17-20-10-21-26-17/h2-7,10H,8H2,1H3,(H,20,21,22). The highest BCUT2D eigenvalue weighted by Gasteiger charge is 2.18. The van der Waals surface area contributed by atoms with Gasteiger partial charge in [-0.3, -0.25) is 4.72 Å². The Morgan fingerprint density at radius 1 is 1.30 bits per heavy atom. The Morgan fingerprint density at radius 2 is 2.11 bits per heavy atom. The van der Waals surface area contributed by atoms with Crippen LogP contribution in [0.1, 0.15) is 16.7 Å². The molecule has 0 fully saturated rings. The van der Waals surface area contributed by atoms with Crippen molar-refractivity contribution in [3.05, 3.63) is 59.4 Å². The number of nitrogens with one attached hydrogen (secondary N) is 1. The van der Waals surface area contributed by atoms with Gasteiger partial charge < -0.3 is 4.74 Å². The number of hydrogen-bond acceptors (Lipinski definition) is 7. The number of aromatic nitrogens is 2. The van der Waals surface area contributed by atoms with E-state index in [1.54, 1.807) is 19.1 Å². The van der Waals surface area contributed by atoms with Gasteiger partial charge >= 0.3 is 0 Å². The Labute approximate surface area is 159 Å². The molecule has 138 valence electrons. The van der Waals surface area contributed by atoms with Crippen molar-refractivity contribution in [3.8, 4) is 17.6 Å². The van der Waals surface area contributed by atoms with Crippen LogP contribution in [0.2, 0.25) is 0 Å². The van der Waals surface area contributed by atoms with Gasteiger partial charge in [0.2, 0.25) is 5.13 Å². The van der Waals surface area contributed by atoms with Gasteiger partial charge in [0.05, 0.1) is 10.5 Å². The van der Waals surface area contributed by atoms with Crippen molar-refractivity contribution in [3.63, 3.8) is 0 Å². The summed E-state index contributed by atoms with van der Waals surface area (Å²) in [7, 11) is -3.92. The van der Waals surface area contributed by atoms with Crippen LogP contribution in [0.25, 0.3) is 0 Å². The lowest BCUT2D eigenvalue weighted by Crippen LogP contribution is -2.13. The number of alkyl halides is 1. The van der Waals surface area contributed by atoms with Crippen molar-refractivity contribution in [2.75, 3.05) is 4.72 Å². The quantitative estimate of drug-likeness (QED) is 0.670. The van der Waals surface area contributed by atoms with E-state index in [9.17, 15) is 18.1 Å². The fourth-order valence-electron chi connectivity index (χ4n) is 2.33. The monoisotopic (exact) mass is 404 g/mol. The van der Waals surface area contributed by atoms with Crippen molar-refractivity contribution >= 4 is 26.7 Å². The first-order chi connectivity index (χ1) is 12.9. The summed E-state index contributed by atoms with van der Waals surface area (Å²) in [5.41, 5.74) is 1.28. The van der Waals surface area contributed by atoms with E-state index in [2.05, 4.69) is 14.1 Å². The molecule has 3 aromatic rings. The Bertz CT molecular complexity index is 1110. The molecule has 1 N–H and O–H groups in total. The maximum atomic E-state index is 12.9. The van der Waals surface area contributed by atoms with Crippen LogP contribution >= 0.6 is 11.5 Å². The Kier molecular flexibility index (Phi) is 5.34. The van der Waals surface area contributed by atoms with E-state index >= 15 is 0 Å². The minimum Gasteiger partial charge on any atom is -0.456 e. The zero-order valence-corrected chi connectivity index (χ0v) is 15.6. The Morgan fingerprint density at radius 3 is 2.78 bits per heavy atom. The fraction of sp³-hybridized carbons (Fsp3) is 0.118. The third-order valence-electron chi connectivity index (χ3n) is 3.46. The van der Waals surface area contributed by atoms with Crippen molar-refractivity contribution < 1.29 is 17.5 Å². The van der Waals surface area contributed by atoms with E-state index < -0.39 is 16.7 Å². The van der Waals surface area contributed by atoms with Gasteiger partial charge in [0, 0.05) is 11.5 Å². The maximum absolute atomic E-state index is 12.9. The number of aryl methyl sites for hydroxylation is 1. The van der Waals surface area contributed by atoms with Crippen LogP contribution in [-0.2, 0) is 16.7 Å². The molecule has 0 aliphatic heterocycles. The van der Waals surface area contributed by atoms with Gasteiger partial charge in [0.25, 0.3) is 10.0 Å². The summed E-state index contributed by atoms with van der Waals surface area (Å²) in [6.07, 6.45) is 1.23. The van der Waals surface area contributed by atoms with E-state index in [0.29, 0.717) is 11.3 Å². The highest BCUT2D eigenvalue weighted by Crippen LogP contribution is 2.29. The van der Waals surface area contributed by atoms with Crippen molar-refractivity contribution in [1.82, 2.24) is 9.36 Å². The average Bonchev–Trinajstić information content (AvgIpc) is 3.13. The van der Waals surface area contributed by atoms with Gasteiger partial charge in [-0.05, 0) is 48.4 Å². The fourth-order valence-corrected chi connectivity index (χ4v) is 4.02. The number of anilines is 1. The third-order valence-corrected chi connectivity index (χ3v) is 5.50. The molecule has 0 spiro atoms. The molecule has 1 aromatic heterocycles. The molecule has 0 aliphatic rings. The van der Waals surface area contributed by atoms with Crippen LogP contribution in [0.3, 0.4) is 0 Å². The predicted molar refractivity (Wildman–Crippen MR) is 97.9 cm³/mol. The molecule has 0 radical (unpaired) electrons. The van der Waals surface area contributed by atoms with Crippen molar-refractivity contribution in [2.45, 2.75) is 18.5 Å². The Balaban J connectivity index is 1.91. The van der Waals surface area contributed by atoms with Gasteiger partial charge in [0.1, 0.15) is 30.6 Å². The van der Waals surface area contributed by atoms with E-state index in [4.69, 9.17) is 4.74 Å². The summed E-state index contributed by atoms with van der Waals surface area (Å²) in [5.74, 6) is 0.532. The smallest absolute Gasteiger partial charge is 0.263 e. The minimum atomic E-state index is -3.92. The maximum Gasteiger partial charge on any atom is 0.263 e. The first-order valence-corrected chi connectivity index (χ1v) is 9.85. The van der Waals surface area contributed by atoms with Crippen LogP contribution in [-0.4, -0.2) is 17.8 Å². The van der Waals surface area contributed by atoms with E-state index in [1.807, 2.05) is 6.07 Å².